The summed E-state index contributed by atoms with van der Waals surface area (Å²) in [6.45, 7) is 1.67. The van der Waals surface area contributed by atoms with Crippen molar-refractivity contribution in [3.63, 3.8) is 0 Å². The number of aromatic nitrogens is 1. The zero-order valence-electron chi connectivity index (χ0n) is 8.88. The molecule has 0 saturated heterocycles. The summed E-state index contributed by atoms with van der Waals surface area (Å²) in [6, 6.07) is 6.58. The van der Waals surface area contributed by atoms with Crippen LogP contribution in [-0.4, -0.2) is 4.98 Å². The summed E-state index contributed by atoms with van der Waals surface area (Å²) in [5.74, 6) is 0.0237. The maximum atomic E-state index is 13.7. The number of halogens is 3. The van der Waals surface area contributed by atoms with E-state index in [1.54, 1.807) is 31.2 Å². The highest BCUT2D eigenvalue weighted by Gasteiger charge is 2.10. The third-order valence-corrected chi connectivity index (χ3v) is 2.91. The Kier molecular flexibility index (Phi) is 3.64. The summed E-state index contributed by atoms with van der Waals surface area (Å²) in [4.78, 5) is 3.98. The van der Waals surface area contributed by atoms with Crippen molar-refractivity contribution in [2.45, 2.75) is 6.92 Å². The van der Waals surface area contributed by atoms with Crippen LogP contribution in [0.4, 0.5) is 4.39 Å². The molecule has 0 aliphatic carbocycles. The minimum atomic E-state index is -0.392. The van der Waals surface area contributed by atoms with Gasteiger partial charge in [-0.25, -0.2) is 9.37 Å². The van der Waals surface area contributed by atoms with Gasteiger partial charge in [-0.1, -0.05) is 23.7 Å². The molecule has 0 N–H and O–H groups in total. The number of aryl methyl sites for hydroxylation is 1. The molecule has 0 saturated carbocycles. The fraction of sp³-hybridized carbons (Fsp3) is 0.0833. The fourth-order valence-electron chi connectivity index (χ4n) is 1.28. The third-order valence-electron chi connectivity index (χ3n) is 2.14. The van der Waals surface area contributed by atoms with Crippen LogP contribution in [0.3, 0.4) is 0 Å². The molecule has 2 rings (SSSR count). The summed E-state index contributed by atoms with van der Waals surface area (Å²) in [5.41, 5.74) is 0.521. The first-order valence-corrected chi connectivity index (χ1v) is 5.99. The Labute approximate surface area is 112 Å². The average molecular weight is 317 g/mol. The number of ether oxygens (including phenoxy) is 1. The quantitative estimate of drug-likeness (QED) is 0.798. The molecule has 0 spiro atoms. The second-order valence-corrected chi connectivity index (χ2v) is 4.72. The number of pyridine rings is 1. The lowest BCUT2D eigenvalue weighted by atomic mass is 10.2. The monoisotopic (exact) mass is 315 g/mol. The first-order valence-electron chi connectivity index (χ1n) is 4.82. The van der Waals surface area contributed by atoms with Crippen LogP contribution in [-0.2, 0) is 0 Å². The Balaban J connectivity index is 2.35. The van der Waals surface area contributed by atoms with Gasteiger partial charge >= 0.3 is 0 Å². The van der Waals surface area contributed by atoms with Crippen molar-refractivity contribution in [1.82, 2.24) is 4.98 Å². The van der Waals surface area contributed by atoms with Crippen LogP contribution in [0.25, 0.3) is 0 Å². The molecule has 1 aromatic carbocycles. The molecule has 0 radical (unpaired) electrons. The Morgan fingerprint density at radius 1 is 1.41 bits per heavy atom. The third kappa shape index (κ3) is 2.76. The first-order chi connectivity index (χ1) is 8.08. The fourth-order valence-corrected chi connectivity index (χ4v) is 2.00. The van der Waals surface area contributed by atoms with Crippen LogP contribution >= 0.6 is 27.5 Å². The summed E-state index contributed by atoms with van der Waals surface area (Å²) >= 11 is 9.01. The Bertz CT molecular complexity index is 562. The molecule has 0 aliphatic heterocycles. The summed E-state index contributed by atoms with van der Waals surface area (Å²) in [5, 5.41) is 0.480. The van der Waals surface area contributed by atoms with E-state index in [2.05, 4.69) is 20.9 Å². The van der Waals surface area contributed by atoms with Gasteiger partial charge in [-0.05, 0) is 40.5 Å². The average Bonchev–Trinajstić information content (AvgIpc) is 2.28. The molecule has 0 bridgehead atoms. The van der Waals surface area contributed by atoms with E-state index in [9.17, 15) is 4.39 Å². The SMILES string of the molecule is Cc1cccc(Oc2ncc(Cl)cc2Br)c1F. The number of hydrogen-bond acceptors (Lipinski definition) is 2. The van der Waals surface area contributed by atoms with Crippen LogP contribution in [0.15, 0.2) is 34.9 Å². The van der Waals surface area contributed by atoms with E-state index in [4.69, 9.17) is 16.3 Å². The van der Waals surface area contributed by atoms with Crippen LogP contribution in [0.2, 0.25) is 5.02 Å². The van der Waals surface area contributed by atoms with Crippen molar-refractivity contribution < 1.29 is 9.13 Å². The molecule has 0 atom stereocenters. The van der Waals surface area contributed by atoms with Crippen molar-refractivity contribution >= 4 is 27.5 Å². The summed E-state index contributed by atoms with van der Waals surface area (Å²) < 4.78 is 19.7. The van der Waals surface area contributed by atoms with Gasteiger partial charge in [0.1, 0.15) is 0 Å². The smallest absolute Gasteiger partial charge is 0.233 e. The lowest BCUT2D eigenvalue weighted by Crippen LogP contribution is -1.93. The van der Waals surface area contributed by atoms with Gasteiger partial charge in [-0.15, -0.1) is 0 Å². The van der Waals surface area contributed by atoms with E-state index in [0.29, 0.717) is 15.1 Å². The summed E-state index contributed by atoms with van der Waals surface area (Å²) in [6.07, 6.45) is 1.44. The molecule has 88 valence electrons. The van der Waals surface area contributed by atoms with Crippen molar-refractivity contribution in [2.24, 2.45) is 0 Å². The van der Waals surface area contributed by atoms with Gasteiger partial charge in [0.15, 0.2) is 11.6 Å². The highest BCUT2D eigenvalue weighted by molar-refractivity contribution is 9.10. The molecule has 0 amide bonds. The van der Waals surface area contributed by atoms with Gasteiger partial charge in [0.05, 0.1) is 9.50 Å². The Morgan fingerprint density at radius 2 is 2.18 bits per heavy atom. The molecule has 5 heteroatoms. The van der Waals surface area contributed by atoms with Crippen LogP contribution in [0, 0.1) is 12.7 Å². The van der Waals surface area contributed by atoms with E-state index in [1.807, 2.05) is 0 Å². The van der Waals surface area contributed by atoms with E-state index in [-0.39, 0.29) is 11.6 Å². The lowest BCUT2D eigenvalue weighted by Gasteiger charge is -2.08. The number of benzene rings is 1. The predicted molar refractivity (Wildman–Crippen MR) is 68.2 cm³/mol. The molecule has 0 aliphatic rings. The molecule has 1 heterocycles. The van der Waals surface area contributed by atoms with Crippen molar-refractivity contribution in [1.29, 1.82) is 0 Å². The normalized spacial score (nSPS) is 10.4. The lowest BCUT2D eigenvalue weighted by molar-refractivity contribution is 0.423. The molecule has 0 unspecified atom stereocenters. The second kappa shape index (κ2) is 5.02. The Hall–Kier alpha value is -1.13. The van der Waals surface area contributed by atoms with Gasteiger partial charge in [-0.3, -0.25) is 0 Å². The predicted octanol–water partition coefficient (Wildman–Crippen LogP) is 4.74. The molecule has 17 heavy (non-hydrogen) atoms. The van der Waals surface area contributed by atoms with Crippen molar-refractivity contribution in [3.05, 3.63) is 51.3 Å². The molecule has 2 nitrogen and oxygen atoms in total. The zero-order chi connectivity index (χ0) is 12.4. The Morgan fingerprint density at radius 3 is 2.88 bits per heavy atom. The molecular formula is C12H8BrClFNO. The standard InChI is InChI=1S/C12H8BrClFNO/c1-7-3-2-4-10(11(7)15)17-12-9(13)5-8(14)6-16-12/h2-6H,1H3. The van der Waals surface area contributed by atoms with Gasteiger partial charge < -0.3 is 4.74 Å². The van der Waals surface area contributed by atoms with Gasteiger partial charge in [0.2, 0.25) is 5.88 Å². The molecule has 0 fully saturated rings. The molecule has 1 aromatic heterocycles. The highest BCUT2D eigenvalue weighted by atomic mass is 79.9. The van der Waals surface area contributed by atoms with Crippen molar-refractivity contribution in [3.8, 4) is 11.6 Å². The van der Waals surface area contributed by atoms with Gasteiger partial charge in [-0.2, -0.15) is 0 Å². The van der Waals surface area contributed by atoms with Gasteiger partial charge in [0, 0.05) is 6.20 Å². The van der Waals surface area contributed by atoms with E-state index in [0.717, 1.165) is 0 Å². The van der Waals surface area contributed by atoms with E-state index < -0.39 is 5.82 Å². The first kappa shape index (κ1) is 12.3. The van der Waals surface area contributed by atoms with Crippen LogP contribution in [0.1, 0.15) is 5.56 Å². The molecule has 2 aromatic rings. The topological polar surface area (TPSA) is 22.1 Å². The minimum absolute atomic E-state index is 0.139. The summed E-state index contributed by atoms with van der Waals surface area (Å²) in [7, 11) is 0. The number of hydrogen-bond donors (Lipinski definition) is 0. The van der Waals surface area contributed by atoms with Crippen molar-refractivity contribution in [2.75, 3.05) is 0 Å². The zero-order valence-corrected chi connectivity index (χ0v) is 11.2. The molecular weight excluding hydrogens is 308 g/mol. The maximum absolute atomic E-state index is 13.7. The van der Waals surface area contributed by atoms with E-state index >= 15 is 0 Å². The van der Waals surface area contributed by atoms with Crippen LogP contribution in [0.5, 0.6) is 11.6 Å². The number of nitrogens with zero attached hydrogens (tertiary/aromatic N) is 1. The van der Waals surface area contributed by atoms with E-state index in [1.165, 1.54) is 6.20 Å². The van der Waals surface area contributed by atoms with Gasteiger partial charge in [0.25, 0.3) is 0 Å². The van der Waals surface area contributed by atoms with Crippen LogP contribution < -0.4 is 4.74 Å². The largest absolute Gasteiger partial charge is 0.435 e. The second-order valence-electron chi connectivity index (χ2n) is 3.43. The minimum Gasteiger partial charge on any atom is -0.435 e. The number of rotatable bonds is 2. The maximum Gasteiger partial charge on any atom is 0.233 e. The highest BCUT2D eigenvalue weighted by Crippen LogP contribution is 2.31.